The van der Waals surface area contributed by atoms with Crippen LogP contribution in [0.1, 0.15) is 0 Å². The van der Waals surface area contributed by atoms with Gasteiger partial charge in [0.25, 0.3) is 0 Å². The fourth-order valence-electron chi connectivity index (χ4n) is 5.76. The molecule has 35 heavy (non-hydrogen) atoms. The lowest BCUT2D eigenvalue weighted by Gasteiger charge is -2.22. The highest BCUT2D eigenvalue weighted by Gasteiger charge is 2.21. The lowest BCUT2D eigenvalue weighted by Crippen LogP contribution is -1.97. The van der Waals surface area contributed by atoms with Crippen LogP contribution in [0.2, 0.25) is 0 Å². The zero-order chi connectivity index (χ0) is 22.9. The fraction of sp³-hybridized carbons (Fsp3) is 0. The summed E-state index contributed by atoms with van der Waals surface area (Å²) in [6.07, 6.45) is 0. The van der Waals surface area contributed by atoms with Crippen molar-refractivity contribution < 1.29 is 4.74 Å². The van der Waals surface area contributed by atoms with Crippen LogP contribution in [0.5, 0.6) is 11.5 Å². The molecular weight excluding hydrogens is 424 g/mol. The van der Waals surface area contributed by atoms with E-state index in [4.69, 9.17) is 4.74 Å². The van der Waals surface area contributed by atoms with E-state index in [0.717, 1.165) is 17.1 Å². The zero-order valence-electron chi connectivity index (χ0n) is 19.0. The predicted molar refractivity (Wildman–Crippen MR) is 147 cm³/mol. The van der Waals surface area contributed by atoms with Crippen molar-refractivity contribution in [2.75, 3.05) is 0 Å². The Morgan fingerprint density at radius 2 is 1.09 bits per heavy atom. The lowest BCUT2D eigenvalue weighted by atomic mass is 9.88. The average molecular weight is 445 g/mol. The summed E-state index contributed by atoms with van der Waals surface area (Å²) in [7, 11) is 0. The maximum Gasteiger partial charge on any atom is 0.135 e. The summed E-state index contributed by atoms with van der Waals surface area (Å²) in [5.41, 5.74) is 4.83. The van der Waals surface area contributed by atoms with Crippen molar-refractivity contribution >= 4 is 43.1 Å². The van der Waals surface area contributed by atoms with Gasteiger partial charge in [-0.1, -0.05) is 84.9 Å². The second-order valence-corrected chi connectivity index (χ2v) is 9.36. The Kier molecular flexibility index (Phi) is 3.72. The summed E-state index contributed by atoms with van der Waals surface area (Å²) in [6, 6.07) is 43.8. The third kappa shape index (κ3) is 2.70. The van der Waals surface area contributed by atoms with Crippen molar-refractivity contribution in [3.05, 3.63) is 121 Å². The fourth-order valence-corrected chi connectivity index (χ4v) is 5.76. The summed E-state index contributed by atoms with van der Waals surface area (Å²) >= 11 is 0. The van der Waals surface area contributed by atoms with Crippen molar-refractivity contribution in [2.45, 2.75) is 0 Å². The molecule has 1 nitrogen and oxygen atoms in total. The van der Waals surface area contributed by atoms with Crippen LogP contribution in [-0.4, -0.2) is 0 Å². The maximum absolute atomic E-state index is 6.36. The molecule has 0 spiro atoms. The number of hydrogen-bond acceptors (Lipinski definition) is 1. The third-order valence-corrected chi connectivity index (χ3v) is 7.39. The summed E-state index contributed by atoms with van der Waals surface area (Å²) in [6.45, 7) is 0. The van der Waals surface area contributed by atoms with Crippen molar-refractivity contribution in [1.29, 1.82) is 0 Å². The zero-order valence-corrected chi connectivity index (χ0v) is 19.0. The van der Waals surface area contributed by atoms with Gasteiger partial charge in [0.05, 0.1) is 0 Å². The van der Waals surface area contributed by atoms with Gasteiger partial charge in [0.1, 0.15) is 11.5 Å². The average Bonchev–Trinajstić information content (AvgIpc) is 2.92. The molecule has 0 saturated carbocycles. The van der Waals surface area contributed by atoms with E-state index in [0.29, 0.717) is 0 Å². The molecule has 0 fully saturated rings. The van der Waals surface area contributed by atoms with Crippen molar-refractivity contribution in [2.24, 2.45) is 0 Å². The quantitative estimate of drug-likeness (QED) is 0.181. The first-order chi connectivity index (χ1) is 17.3. The molecular formula is C34H20O. The second-order valence-electron chi connectivity index (χ2n) is 9.36. The topological polar surface area (TPSA) is 9.23 Å². The minimum Gasteiger partial charge on any atom is -0.456 e. The molecule has 0 aromatic heterocycles. The molecule has 0 atom stereocenters. The van der Waals surface area contributed by atoms with E-state index in [1.165, 1.54) is 59.8 Å². The smallest absolute Gasteiger partial charge is 0.135 e. The molecule has 1 aliphatic heterocycles. The highest BCUT2D eigenvalue weighted by Crippen LogP contribution is 2.48. The van der Waals surface area contributed by atoms with E-state index in [2.05, 4.69) is 121 Å². The van der Waals surface area contributed by atoms with Gasteiger partial charge in [0.2, 0.25) is 0 Å². The normalized spacial score (nSPS) is 12.2. The molecule has 0 aliphatic carbocycles. The molecule has 162 valence electrons. The minimum absolute atomic E-state index is 0.912. The van der Waals surface area contributed by atoms with Gasteiger partial charge < -0.3 is 4.74 Å². The molecule has 0 radical (unpaired) electrons. The number of rotatable bonds is 1. The van der Waals surface area contributed by atoms with Gasteiger partial charge in [0, 0.05) is 10.9 Å². The molecule has 0 saturated heterocycles. The van der Waals surface area contributed by atoms with E-state index < -0.39 is 0 Å². The van der Waals surface area contributed by atoms with Gasteiger partial charge in [-0.05, 0) is 90.8 Å². The second kappa shape index (κ2) is 6.94. The van der Waals surface area contributed by atoms with Crippen LogP contribution in [-0.2, 0) is 0 Å². The Hall–Kier alpha value is -4.62. The standard InChI is InChI=1S/C34H20O/c1-2-8-23-18-30-28(19-24-9-3-4-12-26(24)29(30)17-22(23)7-1)25-15-16-32-31(20-25)27-13-5-10-21-11-6-14-33(35-32)34(21)27/h1-20H. The monoisotopic (exact) mass is 444 g/mol. The number of fused-ring (bicyclic) bond motifs is 6. The molecule has 0 unspecified atom stereocenters. The van der Waals surface area contributed by atoms with Gasteiger partial charge in [0.15, 0.2) is 0 Å². The molecule has 1 heterocycles. The maximum atomic E-state index is 6.36. The number of ether oxygens (including phenoxy) is 1. The number of hydrogen-bond donors (Lipinski definition) is 0. The summed E-state index contributed by atoms with van der Waals surface area (Å²) < 4.78 is 6.36. The summed E-state index contributed by atoms with van der Waals surface area (Å²) in [4.78, 5) is 0. The molecule has 8 rings (SSSR count). The Morgan fingerprint density at radius 3 is 1.94 bits per heavy atom. The van der Waals surface area contributed by atoms with Gasteiger partial charge in [-0.2, -0.15) is 0 Å². The van der Waals surface area contributed by atoms with Crippen LogP contribution in [0.25, 0.3) is 65.3 Å². The van der Waals surface area contributed by atoms with Gasteiger partial charge >= 0.3 is 0 Å². The van der Waals surface area contributed by atoms with E-state index in [-0.39, 0.29) is 0 Å². The minimum atomic E-state index is 0.912. The highest BCUT2D eigenvalue weighted by molar-refractivity contribution is 6.17. The summed E-state index contributed by atoms with van der Waals surface area (Å²) in [5, 5.41) is 10.0. The summed E-state index contributed by atoms with van der Waals surface area (Å²) in [5.74, 6) is 1.84. The van der Waals surface area contributed by atoms with Crippen LogP contribution < -0.4 is 4.74 Å². The lowest BCUT2D eigenvalue weighted by molar-refractivity contribution is 0.487. The van der Waals surface area contributed by atoms with Gasteiger partial charge in [-0.15, -0.1) is 0 Å². The van der Waals surface area contributed by atoms with Gasteiger partial charge in [-0.3, -0.25) is 0 Å². The van der Waals surface area contributed by atoms with E-state index in [1.807, 2.05) is 0 Å². The number of benzene rings is 7. The Morgan fingerprint density at radius 1 is 0.371 bits per heavy atom. The first-order valence-corrected chi connectivity index (χ1v) is 12.0. The van der Waals surface area contributed by atoms with Crippen LogP contribution in [0.4, 0.5) is 0 Å². The molecule has 0 amide bonds. The predicted octanol–water partition coefficient (Wildman–Crippen LogP) is 9.74. The van der Waals surface area contributed by atoms with E-state index in [9.17, 15) is 0 Å². The third-order valence-electron chi connectivity index (χ3n) is 7.39. The van der Waals surface area contributed by atoms with Crippen LogP contribution >= 0.6 is 0 Å². The van der Waals surface area contributed by atoms with E-state index >= 15 is 0 Å². The molecule has 7 aromatic carbocycles. The first-order valence-electron chi connectivity index (χ1n) is 12.0. The van der Waals surface area contributed by atoms with Crippen molar-refractivity contribution in [3.8, 4) is 33.8 Å². The largest absolute Gasteiger partial charge is 0.456 e. The van der Waals surface area contributed by atoms with Crippen molar-refractivity contribution in [3.63, 3.8) is 0 Å². The van der Waals surface area contributed by atoms with Crippen LogP contribution in [0.15, 0.2) is 121 Å². The van der Waals surface area contributed by atoms with E-state index in [1.54, 1.807) is 0 Å². The van der Waals surface area contributed by atoms with Gasteiger partial charge in [-0.25, -0.2) is 0 Å². The molecule has 0 bridgehead atoms. The van der Waals surface area contributed by atoms with Crippen LogP contribution in [0, 0.1) is 0 Å². The molecule has 7 aromatic rings. The molecule has 1 aliphatic rings. The Bertz CT molecular complexity index is 1970. The highest BCUT2D eigenvalue weighted by atomic mass is 16.5. The SMILES string of the molecule is c1ccc2cc3c(cc2c1)c(-c1ccc2c(c1)-c1cccc4cccc(c14)O2)cc1ccccc13. The Labute approximate surface area is 202 Å². The molecule has 1 heteroatoms. The first kappa shape index (κ1) is 18.8. The van der Waals surface area contributed by atoms with Crippen molar-refractivity contribution in [1.82, 2.24) is 0 Å². The molecule has 0 N–H and O–H groups in total. The Balaban J connectivity index is 1.45. The van der Waals surface area contributed by atoms with Crippen LogP contribution in [0.3, 0.4) is 0 Å².